The van der Waals surface area contributed by atoms with E-state index in [0.717, 1.165) is 12.2 Å². The van der Waals surface area contributed by atoms with E-state index in [1.54, 1.807) is 24.3 Å². The van der Waals surface area contributed by atoms with Crippen LogP contribution >= 0.6 is 11.8 Å². The van der Waals surface area contributed by atoms with E-state index in [2.05, 4.69) is 15.4 Å². The molecule has 1 aromatic heterocycles. The van der Waals surface area contributed by atoms with Gasteiger partial charge in [-0.1, -0.05) is 36.9 Å². The molecule has 0 saturated carbocycles. The minimum atomic E-state index is -0.325. The molecule has 1 amide bonds. The molecule has 1 aliphatic heterocycles. The van der Waals surface area contributed by atoms with E-state index < -0.39 is 0 Å². The summed E-state index contributed by atoms with van der Waals surface area (Å²) in [6.07, 6.45) is 0.773. The van der Waals surface area contributed by atoms with Crippen molar-refractivity contribution in [1.29, 1.82) is 0 Å². The summed E-state index contributed by atoms with van der Waals surface area (Å²) in [5.41, 5.74) is 0.0976. The highest BCUT2D eigenvalue weighted by atomic mass is 32.2. The Hall–Kier alpha value is -2.15. The van der Waals surface area contributed by atoms with Gasteiger partial charge in [-0.15, -0.1) is 0 Å². The molecular weight excluding hydrogens is 300 g/mol. The monoisotopic (exact) mass is 316 g/mol. The third-order valence-corrected chi connectivity index (χ3v) is 4.22. The molecule has 0 unspecified atom stereocenters. The number of benzene rings is 1. The van der Waals surface area contributed by atoms with Gasteiger partial charge in [-0.25, -0.2) is 4.68 Å². The third-order valence-electron chi connectivity index (χ3n) is 3.32. The predicted octanol–water partition coefficient (Wildman–Crippen LogP) is 1.64. The zero-order chi connectivity index (χ0) is 15.5. The van der Waals surface area contributed by atoms with Crippen LogP contribution in [0.1, 0.15) is 23.8 Å². The number of aryl methyl sites for hydroxylation is 1. The van der Waals surface area contributed by atoms with Gasteiger partial charge in [-0.2, -0.15) is 5.10 Å². The summed E-state index contributed by atoms with van der Waals surface area (Å²) < 4.78 is 1.36. The van der Waals surface area contributed by atoms with Crippen LogP contribution in [0.5, 0.6) is 0 Å². The number of carbonyl (C=O) groups excluding carboxylic acids is 1. The topological polar surface area (TPSA) is 76.3 Å². The maximum Gasteiger partial charge on any atom is 0.278 e. The molecular formula is C15H16N4O2S. The number of aromatic nitrogens is 2. The standard InChI is InChI=1S/C15H16N4O2S/c1-2-8-19-14(21)11-6-4-3-5-10(11)12(18-19)13(20)17-15-16-7-9-22-15/h3-6H,2,7-9H2,1H3,(H,16,17,20). The summed E-state index contributed by atoms with van der Waals surface area (Å²) in [6, 6.07) is 7.06. The molecule has 1 aromatic carbocycles. The summed E-state index contributed by atoms with van der Waals surface area (Å²) in [6.45, 7) is 3.16. The normalized spacial score (nSPS) is 14.1. The van der Waals surface area contributed by atoms with Crippen molar-refractivity contribution < 1.29 is 4.79 Å². The summed E-state index contributed by atoms with van der Waals surface area (Å²) >= 11 is 1.51. The average Bonchev–Trinajstić information content (AvgIpc) is 3.03. The van der Waals surface area contributed by atoms with E-state index in [1.165, 1.54) is 16.4 Å². The van der Waals surface area contributed by atoms with Crippen LogP contribution < -0.4 is 10.9 Å². The Balaban J connectivity index is 2.09. The molecule has 7 heteroatoms. The van der Waals surface area contributed by atoms with Crippen molar-refractivity contribution >= 4 is 33.6 Å². The Morgan fingerprint density at radius 1 is 1.36 bits per heavy atom. The van der Waals surface area contributed by atoms with Gasteiger partial charge in [-0.3, -0.25) is 19.9 Å². The Morgan fingerprint density at radius 2 is 2.14 bits per heavy atom. The predicted molar refractivity (Wildman–Crippen MR) is 88.5 cm³/mol. The van der Waals surface area contributed by atoms with Crippen molar-refractivity contribution in [2.45, 2.75) is 19.9 Å². The van der Waals surface area contributed by atoms with Crippen molar-refractivity contribution in [3.05, 3.63) is 40.3 Å². The average molecular weight is 316 g/mol. The largest absolute Gasteiger partial charge is 0.300 e. The second kappa shape index (κ2) is 6.31. The van der Waals surface area contributed by atoms with E-state index in [1.807, 2.05) is 6.92 Å². The second-order valence-corrected chi connectivity index (χ2v) is 6.00. The number of amides is 1. The number of hydrogen-bond donors (Lipinski definition) is 1. The van der Waals surface area contributed by atoms with Gasteiger partial charge in [0.25, 0.3) is 11.5 Å². The highest BCUT2D eigenvalue weighted by molar-refractivity contribution is 8.14. The first-order valence-corrected chi connectivity index (χ1v) is 8.17. The molecule has 22 heavy (non-hydrogen) atoms. The lowest BCUT2D eigenvalue weighted by Gasteiger charge is -2.10. The Kier molecular flexibility index (Phi) is 4.24. The SMILES string of the molecule is CCCn1nc(C(=O)NC2=NCCS2)c2ccccc2c1=O. The molecule has 2 aromatic rings. The van der Waals surface area contributed by atoms with Crippen LogP contribution in [0.4, 0.5) is 0 Å². The highest BCUT2D eigenvalue weighted by Gasteiger charge is 2.19. The lowest BCUT2D eigenvalue weighted by atomic mass is 10.1. The Morgan fingerprint density at radius 3 is 2.82 bits per heavy atom. The number of carbonyl (C=O) groups is 1. The second-order valence-electron chi connectivity index (χ2n) is 4.91. The molecule has 2 heterocycles. The van der Waals surface area contributed by atoms with Crippen LogP contribution in [0.3, 0.4) is 0 Å². The zero-order valence-electron chi connectivity index (χ0n) is 12.2. The summed E-state index contributed by atoms with van der Waals surface area (Å²) in [5.74, 6) is 0.549. The fourth-order valence-corrected chi connectivity index (χ4v) is 3.06. The Labute approximate surface area is 131 Å². The van der Waals surface area contributed by atoms with Gasteiger partial charge >= 0.3 is 0 Å². The quantitative estimate of drug-likeness (QED) is 0.934. The smallest absolute Gasteiger partial charge is 0.278 e. The van der Waals surface area contributed by atoms with Gasteiger partial charge in [0.15, 0.2) is 10.9 Å². The van der Waals surface area contributed by atoms with Crippen LogP contribution in [0, 0.1) is 0 Å². The number of amidine groups is 1. The summed E-state index contributed by atoms with van der Waals surface area (Å²) in [7, 11) is 0. The summed E-state index contributed by atoms with van der Waals surface area (Å²) in [4.78, 5) is 29.1. The molecule has 0 bridgehead atoms. The maximum absolute atomic E-state index is 12.5. The number of fused-ring (bicyclic) bond motifs is 1. The van der Waals surface area contributed by atoms with Crippen molar-refractivity contribution in [2.24, 2.45) is 4.99 Å². The van der Waals surface area contributed by atoms with E-state index >= 15 is 0 Å². The number of hydrogen-bond acceptors (Lipinski definition) is 5. The van der Waals surface area contributed by atoms with Gasteiger partial charge in [0.1, 0.15) is 0 Å². The van der Waals surface area contributed by atoms with Crippen LogP contribution in [0.2, 0.25) is 0 Å². The molecule has 1 aliphatic rings. The van der Waals surface area contributed by atoms with Gasteiger partial charge in [-0.05, 0) is 12.5 Å². The molecule has 0 aliphatic carbocycles. The number of rotatable bonds is 3. The number of aliphatic imine (C=N–C) groups is 1. The molecule has 0 saturated heterocycles. The first-order chi connectivity index (χ1) is 10.7. The molecule has 0 spiro atoms. The van der Waals surface area contributed by atoms with Crippen LogP contribution in [-0.2, 0) is 6.54 Å². The van der Waals surface area contributed by atoms with E-state index in [0.29, 0.717) is 29.0 Å². The third kappa shape index (κ3) is 2.76. The fraction of sp³-hybridized carbons (Fsp3) is 0.333. The van der Waals surface area contributed by atoms with E-state index in [-0.39, 0.29) is 17.2 Å². The molecule has 0 radical (unpaired) electrons. The molecule has 0 atom stereocenters. The first-order valence-electron chi connectivity index (χ1n) is 7.19. The number of thioether (sulfide) groups is 1. The first kappa shape index (κ1) is 14.8. The zero-order valence-corrected chi connectivity index (χ0v) is 13.0. The van der Waals surface area contributed by atoms with Gasteiger partial charge in [0.2, 0.25) is 0 Å². The highest BCUT2D eigenvalue weighted by Crippen LogP contribution is 2.15. The van der Waals surface area contributed by atoms with Gasteiger partial charge < -0.3 is 0 Å². The fourth-order valence-electron chi connectivity index (χ4n) is 2.33. The molecule has 0 fully saturated rings. The van der Waals surface area contributed by atoms with Crippen LogP contribution in [0.25, 0.3) is 10.8 Å². The summed E-state index contributed by atoms with van der Waals surface area (Å²) in [5, 5.41) is 8.73. The van der Waals surface area contributed by atoms with E-state index in [9.17, 15) is 9.59 Å². The minimum Gasteiger partial charge on any atom is -0.300 e. The van der Waals surface area contributed by atoms with Crippen LogP contribution in [-0.4, -0.2) is 33.2 Å². The Bertz CT molecular complexity index is 813. The van der Waals surface area contributed by atoms with Crippen molar-refractivity contribution in [3.8, 4) is 0 Å². The molecule has 3 rings (SSSR count). The lowest BCUT2D eigenvalue weighted by molar-refractivity contribution is 0.0972. The number of nitrogens with one attached hydrogen (secondary N) is 1. The van der Waals surface area contributed by atoms with E-state index in [4.69, 9.17) is 0 Å². The molecule has 114 valence electrons. The molecule has 1 N–H and O–H groups in total. The minimum absolute atomic E-state index is 0.165. The van der Waals surface area contributed by atoms with Gasteiger partial charge in [0, 0.05) is 17.7 Å². The number of nitrogens with zero attached hydrogens (tertiary/aromatic N) is 3. The van der Waals surface area contributed by atoms with Gasteiger partial charge in [0.05, 0.1) is 11.9 Å². The van der Waals surface area contributed by atoms with Crippen molar-refractivity contribution in [2.75, 3.05) is 12.3 Å². The lowest BCUT2D eigenvalue weighted by Crippen LogP contribution is -2.32. The molecule has 6 nitrogen and oxygen atoms in total. The maximum atomic E-state index is 12.5. The van der Waals surface area contributed by atoms with Crippen molar-refractivity contribution in [3.63, 3.8) is 0 Å². The van der Waals surface area contributed by atoms with Crippen LogP contribution in [0.15, 0.2) is 34.1 Å². The van der Waals surface area contributed by atoms with Crippen molar-refractivity contribution in [1.82, 2.24) is 15.1 Å².